The molecule has 3 fully saturated rings. The van der Waals surface area contributed by atoms with Crippen molar-refractivity contribution < 1.29 is 14.4 Å². The molecule has 2 N–H and O–H groups in total. The van der Waals surface area contributed by atoms with Crippen LogP contribution in [-0.2, 0) is 14.4 Å². The van der Waals surface area contributed by atoms with Crippen molar-refractivity contribution in [3.8, 4) is 0 Å². The van der Waals surface area contributed by atoms with E-state index in [1.807, 2.05) is 13.8 Å². The fraction of sp³-hybridized carbons (Fsp3) is 0.808. The molecule has 0 aliphatic heterocycles. The average molecular weight is 429 g/mol. The van der Waals surface area contributed by atoms with Crippen LogP contribution < -0.4 is 5.73 Å². The standard InChI is InChI=1S/C26H40N2O3/c1-15(2)23(27)24(30)31-28-18-10-12-25(4)17(14-18)6-7-19-21-9-8-20(16(3)29)26(21,5)13-11-22(19)25/h14-15,19-23H,6-13,27H2,1-5H3/b28-18-/t19-,20+,21-,22-,23-,25-,26+/m0/s1. The molecule has 0 bridgehead atoms. The van der Waals surface area contributed by atoms with E-state index in [9.17, 15) is 9.59 Å². The third kappa shape index (κ3) is 3.71. The smallest absolute Gasteiger partial charge is 0.318 e. The molecule has 4 aliphatic carbocycles. The molecule has 0 saturated heterocycles. The zero-order valence-electron chi connectivity index (χ0n) is 19.9. The minimum absolute atomic E-state index is 0.0335. The highest BCUT2D eigenvalue weighted by atomic mass is 16.7. The van der Waals surface area contributed by atoms with Gasteiger partial charge in [-0.1, -0.05) is 38.4 Å². The number of ketones is 1. The largest absolute Gasteiger partial charge is 0.351 e. The van der Waals surface area contributed by atoms with Crippen LogP contribution in [0.1, 0.15) is 86.0 Å². The van der Waals surface area contributed by atoms with Crippen LogP contribution in [0.2, 0.25) is 0 Å². The number of rotatable bonds is 4. The number of Topliss-reactive ketones (excluding diaryl/α,β-unsaturated/α-hetero) is 1. The van der Waals surface area contributed by atoms with Gasteiger partial charge in [0.25, 0.3) is 0 Å². The summed E-state index contributed by atoms with van der Waals surface area (Å²) >= 11 is 0. The van der Waals surface area contributed by atoms with E-state index in [4.69, 9.17) is 10.6 Å². The van der Waals surface area contributed by atoms with Gasteiger partial charge in [-0.05, 0) is 98.9 Å². The minimum Gasteiger partial charge on any atom is -0.318 e. The van der Waals surface area contributed by atoms with Crippen molar-refractivity contribution in [3.63, 3.8) is 0 Å². The van der Waals surface area contributed by atoms with Crippen LogP contribution in [0.5, 0.6) is 0 Å². The zero-order chi connectivity index (χ0) is 22.6. The van der Waals surface area contributed by atoms with Crippen LogP contribution in [0.25, 0.3) is 0 Å². The molecule has 0 unspecified atom stereocenters. The Hall–Kier alpha value is -1.49. The second kappa shape index (κ2) is 8.13. The number of hydrogen-bond donors (Lipinski definition) is 1. The summed E-state index contributed by atoms with van der Waals surface area (Å²) in [6.07, 6.45) is 11.1. The van der Waals surface area contributed by atoms with Crippen LogP contribution in [0.3, 0.4) is 0 Å². The molecule has 0 spiro atoms. The van der Waals surface area contributed by atoms with Gasteiger partial charge in [0.2, 0.25) is 0 Å². The monoisotopic (exact) mass is 428 g/mol. The number of hydrogen-bond acceptors (Lipinski definition) is 5. The highest BCUT2D eigenvalue weighted by Crippen LogP contribution is 2.66. The fourth-order valence-corrected chi connectivity index (χ4v) is 7.75. The normalized spacial score (nSPS) is 41.8. The lowest BCUT2D eigenvalue weighted by atomic mass is 9.46. The zero-order valence-corrected chi connectivity index (χ0v) is 19.9. The van der Waals surface area contributed by atoms with Crippen molar-refractivity contribution in [3.05, 3.63) is 11.6 Å². The third-order valence-corrected chi connectivity index (χ3v) is 9.71. The Morgan fingerprint density at radius 1 is 1.10 bits per heavy atom. The molecule has 0 amide bonds. The van der Waals surface area contributed by atoms with E-state index < -0.39 is 12.0 Å². The van der Waals surface area contributed by atoms with Crippen LogP contribution >= 0.6 is 0 Å². The number of fused-ring (bicyclic) bond motifs is 5. The van der Waals surface area contributed by atoms with Crippen molar-refractivity contribution in [2.75, 3.05) is 0 Å². The first kappa shape index (κ1) is 22.7. The molecule has 0 heterocycles. The van der Waals surface area contributed by atoms with E-state index in [1.165, 1.54) is 31.3 Å². The number of carbonyl (C=O) groups excluding carboxylic acids is 2. The van der Waals surface area contributed by atoms with Crippen molar-refractivity contribution in [2.24, 2.45) is 51.3 Å². The maximum absolute atomic E-state index is 12.3. The number of nitrogens with two attached hydrogens (primary N) is 1. The summed E-state index contributed by atoms with van der Waals surface area (Å²) in [4.78, 5) is 29.6. The van der Waals surface area contributed by atoms with Gasteiger partial charge in [-0.25, -0.2) is 4.79 Å². The lowest BCUT2D eigenvalue weighted by Crippen LogP contribution is -2.51. The molecule has 172 valence electrons. The van der Waals surface area contributed by atoms with Crippen LogP contribution in [0.4, 0.5) is 0 Å². The summed E-state index contributed by atoms with van der Waals surface area (Å²) in [5.74, 6) is 2.35. The Balaban J connectivity index is 1.51. The second-order valence-corrected chi connectivity index (χ2v) is 11.6. The van der Waals surface area contributed by atoms with Gasteiger partial charge in [-0.3, -0.25) is 4.79 Å². The SMILES string of the molecule is CC(=O)[C@H]1CC[C@H]2[C@@H]3CCC4=C/C(=N\OC(=O)[C@@H](N)C(C)C)CC[C@]4(C)[C@H]3CC[C@]12C. The summed E-state index contributed by atoms with van der Waals surface area (Å²) < 4.78 is 0. The van der Waals surface area contributed by atoms with E-state index in [0.717, 1.165) is 37.3 Å². The highest BCUT2D eigenvalue weighted by molar-refractivity contribution is 5.96. The van der Waals surface area contributed by atoms with Gasteiger partial charge in [0.1, 0.15) is 11.8 Å². The van der Waals surface area contributed by atoms with Crippen molar-refractivity contribution in [1.29, 1.82) is 0 Å². The number of allylic oxidation sites excluding steroid dienone is 2. The molecule has 0 aromatic rings. The molecule has 3 saturated carbocycles. The topological polar surface area (TPSA) is 81.8 Å². The second-order valence-electron chi connectivity index (χ2n) is 11.6. The molecule has 5 heteroatoms. The van der Waals surface area contributed by atoms with E-state index in [-0.39, 0.29) is 22.7 Å². The van der Waals surface area contributed by atoms with Crippen molar-refractivity contribution >= 4 is 17.5 Å². The van der Waals surface area contributed by atoms with E-state index >= 15 is 0 Å². The molecule has 31 heavy (non-hydrogen) atoms. The average Bonchev–Trinajstić information content (AvgIpc) is 3.08. The Kier molecular flexibility index (Phi) is 5.95. The summed E-state index contributed by atoms with van der Waals surface area (Å²) in [5, 5.41) is 4.18. The van der Waals surface area contributed by atoms with Crippen molar-refractivity contribution in [1.82, 2.24) is 0 Å². The summed E-state index contributed by atoms with van der Waals surface area (Å²) in [7, 11) is 0. The van der Waals surface area contributed by atoms with Gasteiger partial charge in [-0.15, -0.1) is 0 Å². The highest BCUT2D eigenvalue weighted by Gasteiger charge is 2.59. The van der Waals surface area contributed by atoms with Gasteiger partial charge < -0.3 is 10.6 Å². The molecule has 0 aromatic heterocycles. The molecular weight excluding hydrogens is 388 g/mol. The maximum atomic E-state index is 12.3. The Labute approximate surface area is 187 Å². The number of carbonyl (C=O) groups is 2. The minimum atomic E-state index is -0.636. The van der Waals surface area contributed by atoms with E-state index in [1.54, 1.807) is 6.92 Å². The molecule has 0 aromatic carbocycles. The van der Waals surface area contributed by atoms with Gasteiger partial charge in [0.15, 0.2) is 0 Å². The van der Waals surface area contributed by atoms with Gasteiger partial charge >= 0.3 is 5.97 Å². The summed E-state index contributed by atoms with van der Waals surface area (Å²) in [5.41, 5.74) is 8.63. The molecule has 7 atom stereocenters. The Morgan fingerprint density at radius 2 is 1.84 bits per heavy atom. The molecule has 5 nitrogen and oxygen atoms in total. The Bertz CT molecular complexity index is 815. The summed E-state index contributed by atoms with van der Waals surface area (Å²) in [6, 6.07) is -0.636. The molecule has 4 aliphatic rings. The van der Waals surface area contributed by atoms with Crippen molar-refractivity contribution in [2.45, 2.75) is 92.0 Å². The number of oxime groups is 1. The lowest BCUT2D eigenvalue weighted by molar-refractivity contribution is -0.146. The van der Waals surface area contributed by atoms with Gasteiger partial charge in [0.05, 0.1) is 5.71 Å². The first-order valence-corrected chi connectivity index (χ1v) is 12.3. The fourth-order valence-electron chi connectivity index (χ4n) is 7.75. The summed E-state index contributed by atoms with van der Waals surface area (Å²) in [6.45, 7) is 10.5. The van der Waals surface area contributed by atoms with E-state index in [0.29, 0.717) is 17.6 Å². The molecule has 4 rings (SSSR count). The van der Waals surface area contributed by atoms with E-state index in [2.05, 4.69) is 25.1 Å². The third-order valence-electron chi connectivity index (χ3n) is 9.71. The Morgan fingerprint density at radius 3 is 2.52 bits per heavy atom. The molecule has 0 radical (unpaired) electrons. The number of nitrogens with zero attached hydrogens (tertiary/aromatic N) is 1. The van der Waals surface area contributed by atoms with Gasteiger partial charge in [-0.2, -0.15) is 0 Å². The van der Waals surface area contributed by atoms with Crippen LogP contribution in [0, 0.1) is 40.4 Å². The quantitative estimate of drug-likeness (QED) is 0.502. The maximum Gasteiger partial charge on any atom is 0.351 e. The van der Waals surface area contributed by atoms with Gasteiger partial charge in [0, 0.05) is 5.92 Å². The van der Waals surface area contributed by atoms with Crippen LogP contribution in [0.15, 0.2) is 16.8 Å². The first-order valence-electron chi connectivity index (χ1n) is 12.3. The lowest BCUT2D eigenvalue weighted by Gasteiger charge is -2.58. The predicted molar refractivity (Wildman–Crippen MR) is 122 cm³/mol. The first-order chi connectivity index (χ1) is 14.6. The molecular formula is C26H40N2O3. The predicted octanol–water partition coefficient (Wildman–Crippen LogP) is 5.04. The van der Waals surface area contributed by atoms with Crippen LogP contribution in [-0.4, -0.2) is 23.5 Å².